The number of hydrogen-bond acceptors (Lipinski definition) is 1. The highest BCUT2D eigenvalue weighted by Gasteiger charge is 2.01. The average molecular weight is 145 g/mol. The maximum Gasteiger partial charge on any atom is -0.00977 e. The van der Waals surface area contributed by atoms with E-state index >= 15 is 0 Å². The number of thiol groups is 1. The Bertz CT molecular complexity index is 48.5. The van der Waals surface area contributed by atoms with Crippen molar-refractivity contribution < 1.29 is 0 Å². The van der Waals surface area contributed by atoms with Crippen LogP contribution in [0, 0.1) is 5.92 Å². The fourth-order valence-corrected chi connectivity index (χ4v) is 1.09. The largest absolute Gasteiger partial charge is 0.179 e. The first kappa shape index (κ1) is 9.35. The summed E-state index contributed by atoms with van der Waals surface area (Å²) >= 11 is 4.16. The molecule has 0 aromatic carbocycles. The fraction of sp³-hybridized carbons (Fsp3) is 0.875. The van der Waals surface area contributed by atoms with Crippen LogP contribution < -0.4 is 0 Å². The molecule has 55 valence electrons. The van der Waals surface area contributed by atoms with E-state index in [0.717, 1.165) is 5.75 Å². The SMILES string of the molecule is CC[C](CC)CCCS. The molecule has 0 spiro atoms. The second kappa shape index (κ2) is 6.47. The molecular weight excluding hydrogens is 128 g/mol. The van der Waals surface area contributed by atoms with Gasteiger partial charge in [0.05, 0.1) is 0 Å². The van der Waals surface area contributed by atoms with E-state index in [4.69, 9.17) is 0 Å². The molecule has 0 fully saturated rings. The molecule has 0 aliphatic rings. The van der Waals surface area contributed by atoms with Gasteiger partial charge in [0.1, 0.15) is 0 Å². The van der Waals surface area contributed by atoms with Gasteiger partial charge in [-0.1, -0.05) is 13.8 Å². The van der Waals surface area contributed by atoms with Crippen molar-refractivity contribution in [1.82, 2.24) is 0 Å². The summed E-state index contributed by atoms with van der Waals surface area (Å²) in [7, 11) is 0. The van der Waals surface area contributed by atoms with Crippen LogP contribution >= 0.6 is 12.6 Å². The molecule has 0 saturated carbocycles. The van der Waals surface area contributed by atoms with Crippen LogP contribution in [0.4, 0.5) is 0 Å². The summed E-state index contributed by atoms with van der Waals surface area (Å²) in [5.74, 6) is 2.72. The van der Waals surface area contributed by atoms with E-state index in [9.17, 15) is 0 Å². The summed E-state index contributed by atoms with van der Waals surface area (Å²) in [5, 5.41) is 0. The van der Waals surface area contributed by atoms with Gasteiger partial charge in [0.25, 0.3) is 0 Å². The third-order valence-corrected chi connectivity index (χ3v) is 2.00. The summed E-state index contributed by atoms with van der Waals surface area (Å²) in [4.78, 5) is 0. The monoisotopic (exact) mass is 145 g/mol. The first-order chi connectivity index (χ1) is 4.35. The Morgan fingerprint density at radius 3 is 2.11 bits per heavy atom. The molecule has 0 atom stereocenters. The van der Waals surface area contributed by atoms with Crippen LogP contribution in [0.5, 0.6) is 0 Å². The van der Waals surface area contributed by atoms with Crippen LogP contribution in [0.3, 0.4) is 0 Å². The van der Waals surface area contributed by atoms with Gasteiger partial charge in [-0.2, -0.15) is 12.6 Å². The van der Waals surface area contributed by atoms with E-state index in [1.54, 1.807) is 5.92 Å². The molecule has 0 unspecified atom stereocenters. The van der Waals surface area contributed by atoms with Gasteiger partial charge >= 0.3 is 0 Å². The molecule has 0 nitrogen and oxygen atoms in total. The highest BCUT2D eigenvalue weighted by Crippen LogP contribution is 2.16. The molecule has 0 aromatic heterocycles. The first-order valence-corrected chi connectivity index (χ1v) is 4.42. The summed E-state index contributed by atoms with van der Waals surface area (Å²) < 4.78 is 0. The second-order valence-corrected chi connectivity index (χ2v) is 2.73. The van der Waals surface area contributed by atoms with Gasteiger partial charge in [-0.25, -0.2) is 0 Å². The Kier molecular flexibility index (Phi) is 6.72. The molecule has 0 N–H and O–H groups in total. The van der Waals surface area contributed by atoms with E-state index in [2.05, 4.69) is 26.5 Å². The number of hydrogen-bond donors (Lipinski definition) is 1. The van der Waals surface area contributed by atoms with Gasteiger partial charge in [0.15, 0.2) is 0 Å². The van der Waals surface area contributed by atoms with Gasteiger partial charge in [-0.3, -0.25) is 0 Å². The van der Waals surface area contributed by atoms with E-state index in [1.807, 2.05) is 0 Å². The molecule has 9 heavy (non-hydrogen) atoms. The minimum Gasteiger partial charge on any atom is -0.179 e. The molecule has 0 aliphatic carbocycles. The van der Waals surface area contributed by atoms with Crippen molar-refractivity contribution in [2.75, 3.05) is 5.75 Å². The van der Waals surface area contributed by atoms with Gasteiger partial charge in [0, 0.05) is 0 Å². The molecule has 0 saturated heterocycles. The highest BCUT2D eigenvalue weighted by atomic mass is 32.1. The molecule has 1 heteroatoms. The normalized spacial score (nSPS) is 10.7. The zero-order valence-corrected chi connectivity index (χ0v) is 7.38. The van der Waals surface area contributed by atoms with E-state index in [0.29, 0.717) is 0 Å². The van der Waals surface area contributed by atoms with Gasteiger partial charge in [0.2, 0.25) is 0 Å². The lowest BCUT2D eigenvalue weighted by Gasteiger charge is -2.08. The third kappa shape index (κ3) is 4.83. The number of rotatable bonds is 5. The smallest absolute Gasteiger partial charge is 0.00977 e. The molecule has 0 heterocycles. The van der Waals surface area contributed by atoms with Crippen molar-refractivity contribution in [1.29, 1.82) is 0 Å². The van der Waals surface area contributed by atoms with Gasteiger partial charge < -0.3 is 0 Å². The van der Waals surface area contributed by atoms with Crippen LogP contribution in [0.2, 0.25) is 0 Å². The summed E-state index contributed by atoms with van der Waals surface area (Å²) in [6.45, 7) is 4.47. The van der Waals surface area contributed by atoms with Gasteiger partial charge in [-0.15, -0.1) is 0 Å². The van der Waals surface area contributed by atoms with Crippen molar-refractivity contribution in [2.24, 2.45) is 0 Å². The maximum absolute atomic E-state index is 4.16. The molecular formula is C8H17S. The molecule has 0 rings (SSSR count). The van der Waals surface area contributed by atoms with Crippen LogP contribution in [0.25, 0.3) is 0 Å². The minimum absolute atomic E-state index is 1.03. The lowest BCUT2D eigenvalue weighted by molar-refractivity contribution is 0.692. The van der Waals surface area contributed by atoms with Crippen molar-refractivity contribution in [3.8, 4) is 0 Å². The van der Waals surface area contributed by atoms with Crippen LogP contribution in [-0.2, 0) is 0 Å². The molecule has 0 amide bonds. The predicted molar refractivity (Wildman–Crippen MR) is 46.9 cm³/mol. The Morgan fingerprint density at radius 1 is 1.22 bits per heavy atom. The predicted octanol–water partition coefficient (Wildman–Crippen LogP) is 3.09. The van der Waals surface area contributed by atoms with Crippen molar-refractivity contribution in [3.63, 3.8) is 0 Å². The van der Waals surface area contributed by atoms with E-state index in [1.165, 1.54) is 25.7 Å². The Labute approximate surface area is 64.4 Å². The lowest BCUT2D eigenvalue weighted by atomic mass is 9.98. The van der Waals surface area contributed by atoms with Crippen molar-refractivity contribution in [2.45, 2.75) is 39.5 Å². The summed E-state index contributed by atoms with van der Waals surface area (Å²) in [6.07, 6.45) is 5.05. The average Bonchev–Trinajstić information content (AvgIpc) is 1.91. The molecule has 0 bridgehead atoms. The summed E-state index contributed by atoms with van der Waals surface area (Å²) in [6, 6.07) is 0. The molecule has 1 radical (unpaired) electrons. The fourth-order valence-electron chi connectivity index (χ4n) is 0.933. The van der Waals surface area contributed by atoms with E-state index < -0.39 is 0 Å². The maximum atomic E-state index is 4.16. The zero-order valence-electron chi connectivity index (χ0n) is 6.48. The highest BCUT2D eigenvalue weighted by molar-refractivity contribution is 7.80. The summed E-state index contributed by atoms with van der Waals surface area (Å²) in [5.41, 5.74) is 0. The Morgan fingerprint density at radius 2 is 1.78 bits per heavy atom. The first-order valence-electron chi connectivity index (χ1n) is 3.79. The minimum atomic E-state index is 1.03. The van der Waals surface area contributed by atoms with Crippen molar-refractivity contribution >= 4 is 12.6 Å². The van der Waals surface area contributed by atoms with Crippen LogP contribution in [0.1, 0.15) is 39.5 Å². The molecule has 0 aromatic rings. The Balaban J connectivity index is 3.09. The topological polar surface area (TPSA) is 0 Å². The Hall–Kier alpha value is 0.350. The lowest BCUT2D eigenvalue weighted by Crippen LogP contribution is -1.93. The second-order valence-electron chi connectivity index (χ2n) is 2.28. The van der Waals surface area contributed by atoms with Crippen molar-refractivity contribution in [3.05, 3.63) is 5.92 Å². The third-order valence-electron chi connectivity index (χ3n) is 1.69. The quantitative estimate of drug-likeness (QED) is 0.565. The zero-order chi connectivity index (χ0) is 7.11. The van der Waals surface area contributed by atoms with E-state index in [-0.39, 0.29) is 0 Å². The van der Waals surface area contributed by atoms with Crippen LogP contribution in [-0.4, -0.2) is 5.75 Å². The molecule has 0 aliphatic heterocycles. The van der Waals surface area contributed by atoms with Gasteiger partial charge in [-0.05, 0) is 37.4 Å². The standard InChI is InChI=1S/C8H17S/c1-3-8(4-2)6-5-7-9/h9H,3-7H2,1-2H3. The van der Waals surface area contributed by atoms with Crippen LogP contribution in [0.15, 0.2) is 0 Å².